The van der Waals surface area contributed by atoms with E-state index in [9.17, 15) is 31.1 Å². The van der Waals surface area contributed by atoms with Crippen molar-refractivity contribution in [3.05, 3.63) is 29.8 Å². The summed E-state index contributed by atoms with van der Waals surface area (Å²) in [6, 6.07) is 3.25. The van der Waals surface area contributed by atoms with Gasteiger partial charge in [-0.15, -0.1) is 5.10 Å². The molecule has 0 amide bonds. The van der Waals surface area contributed by atoms with Crippen LogP contribution in [0.4, 0.5) is 32.0 Å². The largest absolute Gasteiger partial charge is 0.451 e. The average Bonchev–Trinajstić information content (AvgIpc) is 2.81. The van der Waals surface area contributed by atoms with Crippen molar-refractivity contribution in [1.82, 2.24) is 5.32 Å². The van der Waals surface area contributed by atoms with Gasteiger partial charge < -0.3 is 5.32 Å². The highest BCUT2D eigenvalue weighted by Gasteiger charge is 2.43. The number of benzene rings is 1. The summed E-state index contributed by atoms with van der Waals surface area (Å²) in [6.45, 7) is 0. The van der Waals surface area contributed by atoms with Gasteiger partial charge in [0.1, 0.15) is 0 Å². The van der Waals surface area contributed by atoms with Gasteiger partial charge in [0.15, 0.2) is 12.5 Å². The Hall–Kier alpha value is -2.26. The van der Waals surface area contributed by atoms with E-state index in [0.29, 0.717) is 17.1 Å². The second-order valence-corrected chi connectivity index (χ2v) is 4.06. The molecule has 0 bridgehead atoms. The first-order chi connectivity index (χ1) is 9.63. The number of amidine groups is 1. The predicted molar refractivity (Wildman–Crippen MR) is 60.4 cm³/mol. The van der Waals surface area contributed by atoms with Crippen molar-refractivity contribution in [2.24, 2.45) is 5.10 Å². The summed E-state index contributed by atoms with van der Waals surface area (Å²) >= 11 is 0. The van der Waals surface area contributed by atoms with Gasteiger partial charge in [-0.05, 0) is 24.3 Å². The maximum Gasteiger partial charge on any atom is 0.451 e. The van der Waals surface area contributed by atoms with E-state index in [4.69, 9.17) is 0 Å². The van der Waals surface area contributed by atoms with E-state index in [2.05, 4.69) is 5.10 Å². The minimum Gasteiger partial charge on any atom is -0.337 e. The minimum atomic E-state index is -4.79. The molecular weight excluding hydrogens is 304 g/mol. The molecule has 4 nitrogen and oxygen atoms in total. The summed E-state index contributed by atoms with van der Waals surface area (Å²) in [6.07, 6.45) is -10.6. The van der Waals surface area contributed by atoms with Crippen molar-refractivity contribution in [3.8, 4) is 0 Å². The number of carbonyl (C=O) groups is 1. The lowest BCUT2D eigenvalue weighted by Gasteiger charge is -2.19. The lowest BCUT2D eigenvalue weighted by Crippen LogP contribution is -2.43. The van der Waals surface area contributed by atoms with Gasteiger partial charge in [0.25, 0.3) is 0 Å². The molecule has 1 aliphatic rings. The molecule has 114 valence electrons. The lowest BCUT2D eigenvalue weighted by atomic mass is 10.2. The standard InChI is InChI=1S/C11H7F6N3O/c12-10(13,14)6-1-3-7(4-2-6)20-8(5-21)18-9(19-20)11(15,16)17/h1-5,8H,(H,18,19). The van der Waals surface area contributed by atoms with Crippen LogP contribution in [0.2, 0.25) is 0 Å². The molecule has 0 aromatic heterocycles. The van der Waals surface area contributed by atoms with Crippen LogP contribution in [0.25, 0.3) is 0 Å². The van der Waals surface area contributed by atoms with Gasteiger partial charge in [0, 0.05) is 0 Å². The molecule has 0 aliphatic carbocycles. The molecule has 2 rings (SSSR count). The van der Waals surface area contributed by atoms with Crippen LogP contribution in [0.1, 0.15) is 5.56 Å². The van der Waals surface area contributed by atoms with Crippen molar-refractivity contribution < 1.29 is 31.1 Å². The topological polar surface area (TPSA) is 44.7 Å². The van der Waals surface area contributed by atoms with Gasteiger partial charge in [-0.2, -0.15) is 26.3 Å². The Labute approximate surface area is 114 Å². The van der Waals surface area contributed by atoms with Crippen LogP contribution in [0.3, 0.4) is 0 Å². The van der Waals surface area contributed by atoms with Crippen molar-refractivity contribution in [2.75, 3.05) is 5.01 Å². The first-order valence-corrected chi connectivity index (χ1v) is 5.47. The van der Waals surface area contributed by atoms with Crippen LogP contribution in [0, 0.1) is 0 Å². The number of rotatable bonds is 2. The first-order valence-electron chi connectivity index (χ1n) is 5.47. The van der Waals surface area contributed by atoms with Gasteiger partial charge in [-0.25, -0.2) is 5.01 Å². The number of nitrogens with one attached hydrogen (secondary N) is 1. The van der Waals surface area contributed by atoms with Crippen molar-refractivity contribution in [1.29, 1.82) is 0 Å². The summed E-state index contributed by atoms with van der Waals surface area (Å²) in [5, 5.41) is 5.67. The SMILES string of the molecule is O=CC1NC(C(F)(F)F)=NN1c1ccc(C(F)(F)F)cc1. The Kier molecular flexibility index (Phi) is 3.56. The zero-order valence-electron chi connectivity index (χ0n) is 10.0. The van der Waals surface area contributed by atoms with Crippen molar-refractivity contribution >= 4 is 17.8 Å². The molecule has 1 N–H and O–H groups in total. The fourth-order valence-corrected chi connectivity index (χ4v) is 1.65. The number of hydrazone groups is 1. The number of aldehydes is 1. The molecule has 0 spiro atoms. The summed E-state index contributed by atoms with van der Waals surface area (Å²) in [5.41, 5.74) is -1.03. The van der Waals surface area contributed by atoms with Crippen molar-refractivity contribution in [3.63, 3.8) is 0 Å². The quantitative estimate of drug-likeness (QED) is 0.674. The van der Waals surface area contributed by atoms with Crippen molar-refractivity contribution in [2.45, 2.75) is 18.5 Å². The number of hydrogen-bond donors (Lipinski definition) is 1. The fraction of sp³-hybridized carbons (Fsp3) is 0.273. The van der Waals surface area contributed by atoms with Crippen LogP contribution in [-0.4, -0.2) is 24.5 Å². The molecule has 1 heterocycles. The summed E-state index contributed by atoms with van der Waals surface area (Å²) in [7, 11) is 0. The van der Waals surface area contributed by atoms with E-state index < -0.39 is 29.9 Å². The lowest BCUT2D eigenvalue weighted by molar-refractivity contribution is -0.137. The van der Waals surface area contributed by atoms with Gasteiger partial charge in [0.05, 0.1) is 11.3 Å². The number of alkyl halides is 6. The molecule has 1 aromatic carbocycles. The molecule has 1 atom stereocenters. The van der Waals surface area contributed by atoms with Gasteiger partial charge >= 0.3 is 12.4 Å². The Morgan fingerprint density at radius 1 is 1.05 bits per heavy atom. The van der Waals surface area contributed by atoms with Gasteiger partial charge in [-0.1, -0.05) is 0 Å². The number of nitrogens with zero attached hydrogens (tertiary/aromatic N) is 2. The van der Waals surface area contributed by atoms with Crippen LogP contribution >= 0.6 is 0 Å². The number of halogens is 6. The highest BCUT2D eigenvalue weighted by atomic mass is 19.4. The van der Waals surface area contributed by atoms with Crippen LogP contribution in [0.15, 0.2) is 29.4 Å². The normalized spacial score (nSPS) is 19.2. The third-order valence-electron chi connectivity index (χ3n) is 2.61. The van der Waals surface area contributed by atoms with Gasteiger partial charge in [-0.3, -0.25) is 4.79 Å². The third kappa shape index (κ3) is 3.09. The average molecular weight is 311 g/mol. The first kappa shape index (κ1) is 15.1. The van der Waals surface area contributed by atoms with Crippen LogP contribution in [-0.2, 0) is 11.0 Å². The molecule has 0 saturated heterocycles. The maximum absolute atomic E-state index is 12.5. The Morgan fingerprint density at radius 2 is 1.62 bits per heavy atom. The maximum atomic E-state index is 12.5. The predicted octanol–water partition coefficient (Wildman–Crippen LogP) is 2.52. The van der Waals surface area contributed by atoms with Gasteiger partial charge in [0.2, 0.25) is 5.84 Å². The molecule has 0 radical (unpaired) electrons. The zero-order chi connectivity index (χ0) is 15.8. The zero-order valence-corrected chi connectivity index (χ0v) is 10.0. The van der Waals surface area contributed by atoms with Crippen LogP contribution in [0.5, 0.6) is 0 Å². The monoisotopic (exact) mass is 311 g/mol. The summed E-state index contributed by atoms with van der Waals surface area (Å²) in [4.78, 5) is 10.8. The highest BCUT2D eigenvalue weighted by Crippen LogP contribution is 2.31. The second-order valence-electron chi connectivity index (χ2n) is 4.06. The number of anilines is 1. The molecule has 21 heavy (non-hydrogen) atoms. The summed E-state index contributed by atoms with van der Waals surface area (Å²) in [5.74, 6) is -1.39. The Morgan fingerprint density at radius 3 is 2.05 bits per heavy atom. The third-order valence-corrected chi connectivity index (χ3v) is 2.61. The van der Waals surface area contributed by atoms with E-state index in [-0.39, 0.29) is 12.0 Å². The Bertz CT molecular complexity index is 563. The van der Waals surface area contributed by atoms with E-state index in [0.717, 1.165) is 12.1 Å². The smallest absolute Gasteiger partial charge is 0.337 e. The molecule has 0 fully saturated rings. The van der Waals surface area contributed by atoms with Crippen LogP contribution < -0.4 is 10.3 Å². The molecule has 0 saturated carbocycles. The van der Waals surface area contributed by atoms with E-state index in [1.54, 1.807) is 0 Å². The molecule has 10 heteroatoms. The molecule has 1 aromatic rings. The minimum absolute atomic E-state index is 0.0770. The highest BCUT2D eigenvalue weighted by molar-refractivity contribution is 5.94. The van der Waals surface area contributed by atoms with E-state index in [1.807, 2.05) is 5.32 Å². The van der Waals surface area contributed by atoms with E-state index in [1.165, 1.54) is 0 Å². The number of carbonyl (C=O) groups excluding carboxylic acids is 1. The fourth-order valence-electron chi connectivity index (χ4n) is 1.65. The molecule has 1 aliphatic heterocycles. The van der Waals surface area contributed by atoms with E-state index >= 15 is 0 Å². The molecule has 1 unspecified atom stereocenters. The Balaban J connectivity index is 2.31. The molecular formula is C11H7F6N3O. The number of hydrogen-bond acceptors (Lipinski definition) is 4. The second kappa shape index (κ2) is 4.93. The summed E-state index contributed by atoms with van der Waals surface area (Å²) < 4.78 is 74.7.